The molecule has 0 spiro atoms. The summed E-state index contributed by atoms with van der Waals surface area (Å²) in [5.74, 6) is 0.293. The number of carbonyl (C=O) groups excluding carboxylic acids is 1. The van der Waals surface area contributed by atoms with E-state index in [-0.39, 0.29) is 19.0 Å². The molecule has 0 bridgehead atoms. The largest absolute Gasteiger partial charge is 0.407 e. The maximum absolute atomic E-state index is 11.4. The van der Waals surface area contributed by atoms with Crippen molar-refractivity contribution in [3.63, 3.8) is 0 Å². The second kappa shape index (κ2) is 6.06. The highest BCUT2D eigenvalue weighted by Gasteiger charge is 2.15. The number of nitrogens with zero attached hydrogens (tertiary/aromatic N) is 3. The fourth-order valence-corrected chi connectivity index (χ4v) is 1.20. The first-order chi connectivity index (χ1) is 7.71. The van der Waals surface area contributed by atoms with Crippen molar-refractivity contribution in [2.45, 2.75) is 20.4 Å². The van der Waals surface area contributed by atoms with Crippen LogP contribution in [0.15, 0.2) is 4.42 Å². The molecule has 0 radical (unpaired) electrons. The zero-order chi connectivity index (χ0) is 12.0. The Hall–Kier alpha value is -1.63. The minimum absolute atomic E-state index is 0.0724. The van der Waals surface area contributed by atoms with E-state index < -0.39 is 0 Å². The smallest absolute Gasteiger partial charge is 0.318 e. The molecule has 0 aliphatic heterocycles. The van der Waals surface area contributed by atoms with Gasteiger partial charge in [0, 0.05) is 13.1 Å². The van der Waals surface area contributed by atoms with Crippen LogP contribution < -0.4 is 16.0 Å². The summed E-state index contributed by atoms with van der Waals surface area (Å²) >= 11 is 0. The third-order valence-corrected chi connectivity index (χ3v) is 1.99. The van der Waals surface area contributed by atoms with Crippen LogP contribution in [0.2, 0.25) is 0 Å². The lowest BCUT2D eigenvalue weighted by atomic mass is 10.5. The van der Waals surface area contributed by atoms with Crippen molar-refractivity contribution in [2.75, 3.05) is 24.5 Å². The average molecular weight is 227 g/mol. The van der Waals surface area contributed by atoms with E-state index in [9.17, 15) is 4.79 Å². The molecule has 0 saturated heterocycles. The van der Waals surface area contributed by atoms with Crippen molar-refractivity contribution in [1.82, 2.24) is 15.5 Å². The van der Waals surface area contributed by atoms with Crippen LogP contribution in [0, 0.1) is 0 Å². The van der Waals surface area contributed by atoms with Gasteiger partial charge in [-0.3, -0.25) is 4.79 Å². The fourth-order valence-electron chi connectivity index (χ4n) is 1.20. The summed E-state index contributed by atoms with van der Waals surface area (Å²) < 4.78 is 5.26. The molecule has 90 valence electrons. The number of anilines is 1. The number of nitrogens with two attached hydrogens (primary N) is 1. The Labute approximate surface area is 94.0 Å². The van der Waals surface area contributed by atoms with Gasteiger partial charge in [0.25, 0.3) is 0 Å². The van der Waals surface area contributed by atoms with Crippen LogP contribution in [0.3, 0.4) is 0 Å². The summed E-state index contributed by atoms with van der Waals surface area (Å²) in [6.45, 7) is 5.40. The van der Waals surface area contributed by atoms with E-state index in [1.54, 1.807) is 4.90 Å². The number of nitrogens with one attached hydrogen (secondary N) is 1. The Balaban J connectivity index is 2.63. The first-order valence-electron chi connectivity index (χ1n) is 5.25. The predicted molar refractivity (Wildman–Crippen MR) is 58.8 cm³/mol. The lowest BCUT2D eigenvalue weighted by molar-refractivity contribution is -0.119. The molecule has 1 aromatic rings. The van der Waals surface area contributed by atoms with Gasteiger partial charge in [-0.25, -0.2) is 0 Å². The summed E-state index contributed by atoms with van der Waals surface area (Å²) in [7, 11) is 0. The minimum Gasteiger partial charge on any atom is -0.407 e. The number of aromatic nitrogens is 2. The first-order valence-corrected chi connectivity index (χ1v) is 5.25. The summed E-state index contributed by atoms with van der Waals surface area (Å²) in [4.78, 5) is 13.1. The summed E-state index contributed by atoms with van der Waals surface area (Å²) in [6, 6.07) is 0.328. The molecule has 1 amide bonds. The Morgan fingerprint density at radius 2 is 2.25 bits per heavy atom. The van der Waals surface area contributed by atoms with Gasteiger partial charge in [-0.05, 0) is 13.8 Å². The summed E-state index contributed by atoms with van der Waals surface area (Å²) in [5.41, 5.74) is 5.36. The van der Waals surface area contributed by atoms with Gasteiger partial charge in [0.1, 0.15) is 6.54 Å². The predicted octanol–water partition coefficient (Wildman–Crippen LogP) is -0.509. The quantitative estimate of drug-likeness (QED) is 0.679. The van der Waals surface area contributed by atoms with Crippen LogP contribution in [0.5, 0.6) is 0 Å². The lowest BCUT2D eigenvalue weighted by Crippen LogP contribution is -2.37. The zero-order valence-electron chi connectivity index (χ0n) is 9.56. The number of likely N-dealkylation sites (N-methyl/N-ethyl adjacent to an activating group) is 2. The summed E-state index contributed by atoms with van der Waals surface area (Å²) in [5, 5.41) is 10.3. The zero-order valence-corrected chi connectivity index (χ0v) is 9.56. The number of hydrogen-bond donors (Lipinski definition) is 2. The van der Waals surface area contributed by atoms with Crippen molar-refractivity contribution < 1.29 is 9.21 Å². The maximum atomic E-state index is 11.4. The molecule has 1 rings (SSSR count). The normalized spacial score (nSPS) is 10.2. The first kappa shape index (κ1) is 12.4. The molecule has 7 heteroatoms. The molecule has 0 aliphatic carbocycles. The highest BCUT2D eigenvalue weighted by atomic mass is 16.4. The molecule has 0 atom stereocenters. The molecule has 0 fully saturated rings. The van der Waals surface area contributed by atoms with Gasteiger partial charge in [-0.15, -0.1) is 5.10 Å². The third-order valence-electron chi connectivity index (χ3n) is 1.99. The number of rotatable bonds is 6. The van der Waals surface area contributed by atoms with Gasteiger partial charge < -0.3 is 20.4 Å². The van der Waals surface area contributed by atoms with Gasteiger partial charge in [0.05, 0.1) is 6.54 Å². The molecule has 1 heterocycles. The summed E-state index contributed by atoms with van der Waals surface area (Å²) in [6.07, 6.45) is 0. The molecule has 0 saturated carbocycles. The maximum Gasteiger partial charge on any atom is 0.318 e. The van der Waals surface area contributed by atoms with Gasteiger partial charge in [0.2, 0.25) is 11.8 Å². The van der Waals surface area contributed by atoms with Crippen molar-refractivity contribution in [3.8, 4) is 0 Å². The molecular formula is C9H17N5O2. The third kappa shape index (κ3) is 3.20. The van der Waals surface area contributed by atoms with Crippen LogP contribution >= 0.6 is 0 Å². The Morgan fingerprint density at radius 1 is 1.50 bits per heavy atom. The SMILES string of the molecule is CCNC(=O)CN(CC)c1nnc(CN)o1. The lowest BCUT2D eigenvalue weighted by Gasteiger charge is -2.16. The Kier molecular flexibility index (Phi) is 4.71. The van der Waals surface area contributed by atoms with E-state index in [4.69, 9.17) is 10.2 Å². The van der Waals surface area contributed by atoms with Gasteiger partial charge >= 0.3 is 6.01 Å². The van der Waals surface area contributed by atoms with Gasteiger partial charge in [0.15, 0.2) is 0 Å². The molecule has 7 nitrogen and oxygen atoms in total. The Bertz CT molecular complexity index is 338. The molecule has 0 aliphatic rings. The monoisotopic (exact) mass is 227 g/mol. The van der Waals surface area contributed by atoms with E-state index in [0.29, 0.717) is 25.0 Å². The number of carbonyl (C=O) groups is 1. The van der Waals surface area contributed by atoms with Crippen LogP contribution in [0.4, 0.5) is 6.01 Å². The van der Waals surface area contributed by atoms with Gasteiger partial charge in [-0.2, -0.15) is 0 Å². The minimum atomic E-state index is -0.0724. The second-order valence-electron chi connectivity index (χ2n) is 3.15. The molecule has 0 aromatic carbocycles. The highest BCUT2D eigenvalue weighted by Crippen LogP contribution is 2.10. The van der Waals surface area contributed by atoms with Crippen molar-refractivity contribution >= 4 is 11.9 Å². The molecule has 3 N–H and O–H groups in total. The molecule has 16 heavy (non-hydrogen) atoms. The topological polar surface area (TPSA) is 97.3 Å². The number of hydrogen-bond acceptors (Lipinski definition) is 6. The molecular weight excluding hydrogens is 210 g/mol. The van der Waals surface area contributed by atoms with Crippen molar-refractivity contribution in [2.24, 2.45) is 5.73 Å². The fraction of sp³-hybridized carbons (Fsp3) is 0.667. The van der Waals surface area contributed by atoms with E-state index in [1.165, 1.54) is 0 Å². The van der Waals surface area contributed by atoms with E-state index in [1.807, 2.05) is 13.8 Å². The van der Waals surface area contributed by atoms with Crippen LogP contribution in [0.25, 0.3) is 0 Å². The van der Waals surface area contributed by atoms with Crippen LogP contribution in [0.1, 0.15) is 19.7 Å². The van der Waals surface area contributed by atoms with Crippen molar-refractivity contribution in [1.29, 1.82) is 0 Å². The molecule has 0 unspecified atom stereocenters. The number of amides is 1. The van der Waals surface area contributed by atoms with E-state index in [0.717, 1.165) is 0 Å². The van der Waals surface area contributed by atoms with Gasteiger partial charge in [-0.1, -0.05) is 5.10 Å². The second-order valence-corrected chi connectivity index (χ2v) is 3.15. The van der Waals surface area contributed by atoms with E-state index >= 15 is 0 Å². The molecule has 1 aromatic heterocycles. The highest BCUT2D eigenvalue weighted by molar-refractivity contribution is 5.80. The van der Waals surface area contributed by atoms with Crippen LogP contribution in [-0.4, -0.2) is 35.7 Å². The Morgan fingerprint density at radius 3 is 2.75 bits per heavy atom. The van der Waals surface area contributed by atoms with Crippen molar-refractivity contribution in [3.05, 3.63) is 5.89 Å². The average Bonchev–Trinajstić information content (AvgIpc) is 2.74. The van der Waals surface area contributed by atoms with Crippen LogP contribution in [-0.2, 0) is 11.3 Å². The standard InChI is InChI=1S/C9H17N5O2/c1-3-11-7(15)6-14(4-2)9-13-12-8(5-10)16-9/h3-6,10H2,1-2H3,(H,11,15). The van der Waals surface area contributed by atoms with E-state index in [2.05, 4.69) is 15.5 Å².